The maximum absolute atomic E-state index is 11.1. The van der Waals surface area contributed by atoms with Gasteiger partial charge in [-0.1, -0.05) is 34.6 Å². The fourth-order valence-corrected chi connectivity index (χ4v) is 11.7. The molecule has 0 aromatic heterocycles. The highest BCUT2D eigenvalue weighted by molar-refractivity contribution is 5.27. The molecular formula is C30H50O4. The van der Waals surface area contributed by atoms with Crippen LogP contribution in [0.3, 0.4) is 0 Å². The molecule has 4 saturated carbocycles. The van der Waals surface area contributed by atoms with Gasteiger partial charge in [-0.2, -0.15) is 0 Å². The average Bonchev–Trinajstić information content (AvgIpc) is 3.32. The van der Waals surface area contributed by atoms with Gasteiger partial charge in [0.1, 0.15) is 11.2 Å². The summed E-state index contributed by atoms with van der Waals surface area (Å²) < 4.78 is 13.9. The van der Waals surface area contributed by atoms with Crippen LogP contribution < -0.4 is 0 Å². The summed E-state index contributed by atoms with van der Waals surface area (Å²) in [5.74, 6) is 0.892. The number of ether oxygens (including phenoxy) is 2. The van der Waals surface area contributed by atoms with E-state index in [0.717, 1.165) is 32.1 Å². The van der Waals surface area contributed by atoms with Crippen molar-refractivity contribution < 1.29 is 19.7 Å². The third-order valence-corrected chi connectivity index (χ3v) is 13.9. The summed E-state index contributed by atoms with van der Waals surface area (Å²) in [6.45, 7) is 18.5. The summed E-state index contributed by atoms with van der Waals surface area (Å²) in [5, 5.41) is 22.0. The number of rotatable bonds is 1. The molecule has 0 aromatic rings. The van der Waals surface area contributed by atoms with Gasteiger partial charge >= 0.3 is 0 Å². The maximum Gasteiger partial charge on any atom is 0.198 e. The van der Waals surface area contributed by atoms with E-state index in [1.807, 2.05) is 13.8 Å². The molecule has 0 amide bonds. The third kappa shape index (κ3) is 2.42. The van der Waals surface area contributed by atoms with Crippen molar-refractivity contribution >= 4 is 0 Å². The smallest absolute Gasteiger partial charge is 0.198 e. The second-order valence-corrected chi connectivity index (χ2v) is 15.6. The zero-order valence-electron chi connectivity index (χ0n) is 23.1. The zero-order chi connectivity index (χ0) is 24.8. The topological polar surface area (TPSA) is 58.9 Å². The molecule has 194 valence electrons. The predicted molar refractivity (Wildman–Crippen MR) is 133 cm³/mol. The molecule has 0 unspecified atom stereocenters. The second kappa shape index (κ2) is 6.45. The molecule has 2 saturated heterocycles. The zero-order valence-corrected chi connectivity index (χ0v) is 23.1. The Hall–Kier alpha value is -0.160. The SMILES string of the molecule is CC1(C)[C@H](O)CC[C@@]2(C)[C@@H]1CC[C@]1(C)[C@@H]2CC[C@H]2[C@@]1(C)CC[C@@]21O[C@@]2(C(C)(C)O)CC[C@]1(C)O2. The maximum atomic E-state index is 11.1. The lowest BCUT2D eigenvalue weighted by molar-refractivity contribution is -0.284. The molecule has 4 nitrogen and oxygen atoms in total. The predicted octanol–water partition coefficient (Wildman–Crippen LogP) is 6.22. The molecule has 6 aliphatic rings. The monoisotopic (exact) mass is 474 g/mol. The molecule has 6 rings (SSSR count). The highest BCUT2D eigenvalue weighted by Crippen LogP contribution is 2.79. The first-order valence-corrected chi connectivity index (χ1v) is 14.3. The van der Waals surface area contributed by atoms with Gasteiger partial charge < -0.3 is 19.7 Å². The van der Waals surface area contributed by atoms with E-state index in [4.69, 9.17) is 9.47 Å². The fraction of sp³-hybridized carbons (Fsp3) is 1.00. The van der Waals surface area contributed by atoms with Gasteiger partial charge in [0, 0.05) is 6.42 Å². The molecule has 10 atom stereocenters. The van der Waals surface area contributed by atoms with Crippen molar-refractivity contribution in [1.82, 2.24) is 0 Å². The first kappa shape index (κ1) is 24.2. The Balaban J connectivity index is 1.39. The fourth-order valence-electron chi connectivity index (χ4n) is 11.7. The minimum Gasteiger partial charge on any atom is -0.393 e. The van der Waals surface area contributed by atoms with E-state index < -0.39 is 11.4 Å². The molecule has 6 fully saturated rings. The van der Waals surface area contributed by atoms with E-state index in [0.29, 0.717) is 23.2 Å². The standard InChI is InChI=1S/C30H50O4/c1-23(2)19-11-14-26(6)20(25(19,5)13-12-22(23)31)9-10-21-27(26,7)15-17-29(21)28(8)16-18-30(33-28,34-29)24(3,4)32/h19-22,31-32H,9-18H2,1-8H3/t19-,20-,21+,22-,25+,26-,27-,28+,29-,30-/m1/s1. The number of aliphatic hydroxyl groups excluding tert-OH is 1. The van der Waals surface area contributed by atoms with Gasteiger partial charge in [-0.25, -0.2) is 0 Å². The van der Waals surface area contributed by atoms with E-state index in [9.17, 15) is 10.2 Å². The molecule has 0 radical (unpaired) electrons. The van der Waals surface area contributed by atoms with Crippen LogP contribution in [0.15, 0.2) is 0 Å². The molecule has 4 heteroatoms. The number of hydrogen-bond acceptors (Lipinski definition) is 4. The lowest BCUT2D eigenvalue weighted by Gasteiger charge is -2.70. The Bertz CT molecular complexity index is 893. The summed E-state index contributed by atoms with van der Waals surface area (Å²) in [5.41, 5.74) is -0.826. The Morgan fingerprint density at radius 3 is 1.97 bits per heavy atom. The lowest BCUT2D eigenvalue weighted by atomic mass is 9.35. The first-order chi connectivity index (χ1) is 15.5. The Kier molecular flexibility index (Phi) is 4.59. The van der Waals surface area contributed by atoms with Crippen molar-refractivity contribution in [2.45, 2.75) is 148 Å². The minimum atomic E-state index is -1.01. The summed E-state index contributed by atoms with van der Waals surface area (Å²) in [6, 6.07) is 0. The van der Waals surface area contributed by atoms with Gasteiger partial charge in [0.05, 0.1) is 11.7 Å². The van der Waals surface area contributed by atoms with Gasteiger partial charge in [0.15, 0.2) is 5.79 Å². The van der Waals surface area contributed by atoms with Crippen LogP contribution in [0.2, 0.25) is 0 Å². The molecule has 2 heterocycles. The van der Waals surface area contributed by atoms with Crippen LogP contribution in [0.5, 0.6) is 0 Å². The normalized spacial score (nSPS) is 60.2. The van der Waals surface area contributed by atoms with E-state index in [2.05, 4.69) is 41.5 Å². The van der Waals surface area contributed by atoms with Crippen LogP contribution in [0.25, 0.3) is 0 Å². The van der Waals surface area contributed by atoms with Crippen LogP contribution >= 0.6 is 0 Å². The van der Waals surface area contributed by atoms with Crippen LogP contribution in [-0.4, -0.2) is 38.9 Å². The molecule has 4 aliphatic carbocycles. The number of hydrogen-bond donors (Lipinski definition) is 2. The highest BCUT2D eigenvalue weighted by Gasteiger charge is 2.80. The van der Waals surface area contributed by atoms with Crippen molar-refractivity contribution in [3.8, 4) is 0 Å². The van der Waals surface area contributed by atoms with Gasteiger partial charge in [-0.15, -0.1) is 0 Å². The summed E-state index contributed by atoms with van der Waals surface area (Å²) in [7, 11) is 0. The van der Waals surface area contributed by atoms with Gasteiger partial charge in [-0.05, 0) is 118 Å². The van der Waals surface area contributed by atoms with Crippen LogP contribution in [0.4, 0.5) is 0 Å². The minimum absolute atomic E-state index is 0.00287. The average molecular weight is 475 g/mol. The molecule has 2 aliphatic heterocycles. The van der Waals surface area contributed by atoms with Crippen LogP contribution in [0.1, 0.15) is 120 Å². The van der Waals surface area contributed by atoms with Gasteiger partial charge in [-0.3, -0.25) is 0 Å². The lowest BCUT2D eigenvalue weighted by Crippen LogP contribution is -2.66. The van der Waals surface area contributed by atoms with E-state index in [1.54, 1.807) is 0 Å². The van der Waals surface area contributed by atoms with Crippen molar-refractivity contribution in [3.05, 3.63) is 0 Å². The van der Waals surface area contributed by atoms with Crippen molar-refractivity contribution in [1.29, 1.82) is 0 Å². The van der Waals surface area contributed by atoms with Gasteiger partial charge in [0.25, 0.3) is 0 Å². The van der Waals surface area contributed by atoms with Gasteiger partial charge in [0.2, 0.25) is 0 Å². The van der Waals surface area contributed by atoms with E-state index in [1.165, 1.54) is 32.1 Å². The summed E-state index contributed by atoms with van der Waals surface area (Å²) in [6.07, 6.45) is 10.9. The molecular weight excluding hydrogens is 424 g/mol. The Labute approximate surface area is 207 Å². The summed E-state index contributed by atoms with van der Waals surface area (Å²) >= 11 is 0. The second-order valence-electron chi connectivity index (χ2n) is 15.6. The quantitative estimate of drug-likeness (QED) is 0.473. The van der Waals surface area contributed by atoms with Crippen molar-refractivity contribution in [3.63, 3.8) is 0 Å². The molecule has 2 bridgehead atoms. The van der Waals surface area contributed by atoms with Crippen LogP contribution in [-0.2, 0) is 9.47 Å². The molecule has 2 N–H and O–H groups in total. The van der Waals surface area contributed by atoms with Crippen molar-refractivity contribution in [2.75, 3.05) is 0 Å². The van der Waals surface area contributed by atoms with Crippen LogP contribution in [0, 0.1) is 39.4 Å². The molecule has 0 aromatic carbocycles. The largest absolute Gasteiger partial charge is 0.393 e. The van der Waals surface area contributed by atoms with E-state index >= 15 is 0 Å². The summed E-state index contributed by atoms with van der Waals surface area (Å²) in [4.78, 5) is 0. The number of fused-ring (bicyclic) bond motifs is 9. The Morgan fingerprint density at radius 2 is 1.32 bits per heavy atom. The number of aliphatic hydroxyl groups is 2. The molecule has 34 heavy (non-hydrogen) atoms. The third-order valence-electron chi connectivity index (χ3n) is 13.9. The Morgan fingerprint density at radius 1 is 0.676 bits per heavy atom. The highest BCUT2D eigenvalue weighted by atomic mass is 16.8. The van der Waals surface area contributed by atoms with E-state index in [-0.39, 0.29) is 33.6 Å². The molecule has 1 spiro atoms. The van der Waals surface area contributed by atoms with Crippen molar-refractivity contribution in [2.24, 2.45) is 39.4 Å². The first-order valence-electron chi connectivity index (χ1n) is 14.3.